The average molecular weight is 488 g/mol. The van der Waals surface area contributed by atoms with Crippen LogP contribution in [-0.4, -0.2) is 87.0 Å². The van der Waals surface area contributed by atoms with Gasteiger partial charge in [0.05, 0.1) is 29.6 Å². The highest BCUT2D eigenvalue weighted by atomic mass is 32.2. The van der Waals surface area contributed by atoms with Crippen molar-refractivity contribution in [3.05, 3.63) is 59.7 Å². The zero-order chi connectivity index (χ0) is 24.5. The van der Waals surface area contributed by atoms with Crippen LogP contribution in [0.15, 0.2) is 53.4 Å². The summed E-state index contributed by atoms with van der Waals surface area (Å²) in [5.74, 6) is -0.0198. The zero-order valence-electron chi connectivity index (χ0n) is 19.9. The number of ether oxygens (including phenoxy) is 1. The number of carbonyl (C=O) groups excluding carboxylic acids is 1. The number of rotatable bonds is 7. The summed E-state index contributed by atoms with van der Waals surface area (Å²) in [5, 5.41) is 9.99. The third kappa shape index (κ3) is 4.98. The van der Waals surface area contributed by atoms with E-state index in [4.69, 9.17) is 4.74 Å². The Morgan fingerprint density at radius 1 is 1.15 bits per heavy atom. The molecule has 34 heavy (non-hydrogen) atoms. The van der Waals surface area contributed by atoms with Gasteiger partial charge in [-0.25, -0.2) is 12.7 Å². The van der Waals surface area contributed by atoms with Crippen LogP contribution in [0.2, 0.25) is 0 Å². The van der Waals surface area contributed by atoms with E-state index in [9.17, 15) is 18.3 Å². The van der Waals surface area contributed by atoms with E-state index in [0.29, 0.717) is 37.4 Å². The van der Waals surface area contributed by atoms with Crippen molar-refractivity contribution in [3.8, 4) is 5.75 Å². The van der Waals surface area contributed by atoms with Gasteiger partial charge in [-0.15, -0.1) is 0 Å². The van der Waals surface area contributed by atoms with Gasteiger partial charge in [-0.05, 0) is 36.6 Å². The highest BCUT2D eigenvalue weighted by molar-refractivity contribution is 7.89. The molecule has 4 rings (SSSR count). The number of likely N-dealkylation sites (N-methyl/N-ethyl adjacent to an activating group) is 1. The second-order valence-electron chi connectivity index (χ2n) is 9.25. The molecule has 0 saturated carbocycles. The van der Waals surface area contributed by atoms with E-state index in [2.05, 4.69) is 4.90 Å². The molecule has 2 aliphatic heterocycles. The number of likely N-dealkylation sites (tertiary alicyclic amines) is 1. The number of aliphatic hydroxyl groups is 1. The average Bonchev–Trinajstić information content (AvgIpc) is 3.26. The number of amides is 1. The SMILES string of the molecule is CN(C(=O)C1CCOc2ccc(S(=O)(=O)N(C)C)cc21)C(CN1CCC(O)C1)c1ccccc1. The summed E-state index contributed by atoms with van der Waals surface area (Å²) in [6, 6.07) is 14.4. The predicted molar refractivity (Wildman–Crippen MR) is 129 cm³/mol. The summed E-state index contributed by atoms with van der Waals surface area (Å²) in [6.07, 6.45) is 0.873. The standard InChI is InChI=1S/C25H33N3O5S/c1-26(2)34(31,32)20-9-10-24-22(15-20)21(12-14-33-24)25(30)27(3)23(18-7-5-4-6-8-18)17-28-13-11-19(29)16-28/h4-10,15,19,21,23,29H,11-14,16-17H2,1-3H3. The first kappa shape index (κ1) is 24.7. The molecule has 0 spiro atoms. The first-order chi connectivity index (χ1) is 16.2. The van der Waals surface area contributed by atoms with Crippen molar-refractivity contribution in [2.45, 2.75) is 35.8 Å². The predicted octanol–water partition coefficient (Wildman–Crippen LogP) is 2.07. The van der Waals surface area contributed by atoms with Crippen molar-refractivity contribution in [2.75, 3.05) is 47.4 Å². The molecule has 0 bridgehead atoms. The van der Waals surface area contributed by atoms with E-state index >= 15 is 0 Å². The third-order valence-electron chi connectivity index (χ3n) is 6.78. The fraction of sp³-hybridized carbons (Fsp3) is 0.480. The van der Waals surface area contributed by atoms with Crippen LogP contribution in [0.3, 0.4) is 0 Å². The fourth-order valence-electron chi connectivity index (χ4n) is 4.75. The lowest BCUT2D eigenvalue weighted by Gasteiger charge is -2.36. The van der Waals surface area contributed by atoms with Gasteiger partial charge in [0.15, 0.2) is 0 Å². The number of sulfonamides is 1. The smallest absolute Gasteiger partial charge is 0.242 e. The first-order valence-corrected chi connectivity index (χ1v) is 13.0. The Morgan fingerprint density at radius 3 is 2.53 bits per heavy atom. The Balaban J connectivity index is 1.64. The van der Waals surface area contributed by atoms with Crippen LogP contribution < -0.4 is 4.74 Å². The maximum atomic E-state index is 13.9. The number of hydrogen-bond donors (Lipinski definition) is 1. The first-order valence-electron chi connectivity index (χ1n) is 11.6. The molecule has 184 valence electrons. The summed E-state index contributed by atoms with van der Waals surface area (Å²) in [4.78, 5) is 18.0. The lowest BCUT2D eigenvalue weighted by atomic mass is 9.91. The van der Waals surface area contributed by atoms with E-state index in [1.165, 1.54) is 20.2 Å². The molecule has 3 atom stereocenters. The number of aliphatic hydroxyl groups excluding tert-OH is 1. The molecule has 0 aromatic heterocycles. The maximum absolute atomic E-state index is 13.9. The number of hydrogen-bond acceptors (Lipinski definition) is 6. The molecule has 3 unspecified atom stereocenters. The molecule has 0 radical (unpaired) electrons. The van der Waals surface area contributed by atoms with E-state index in [1.54, 1.807) is 17.0 Å². The van der Waals surface area contributed by atoms with Crippen LogP contribution in [0, 0.1) is 0 Å². The van der Waals surface area contributed by atoms with E-state index in [-0.39, 0.29) is 22.9 Å². The molecule has 1 fully saturated rings. The third-order valence-corrected chi connectivity index (χ3v) is 8.59. The molecule has 0 aliphatic carbocycles. The van der Waals surface area contributed by atoms with Gasteiger partial charge in [-0.1, -0.05) is 30.3 Å². The Morgan fingerprint density at radius 2 is 1.88 bits per heavy atom. The van der Waals surface area contributed by atoms with Gasteiger partial charge in [0.1, 0.15) is 5.75 Å². The van der Waals surface area contributed by atoms with Gasteiger partial charge in [0.25, 0.3) is 0 Å². The molecular formula is C25H33N3O5S. The van der Waals surface area contributed by atoms with Crippen molar-refractivity contribution < 1.29 is 23.1 Å². The van der Waals surface area contributed by atoms with Crippen molar-refractivity contribution in [2.24, 2.45) is 0 Å². The lowest BCUT2D eigenvalue weighted by Crippen LogP contribution is -2.42. The second-order valence-corrected chi connectivity index (χ2v) is 11.4. The molecule has 1 saturated heterocycles. The minimum atomic E-state index is -3.64. The number of benzene rings is 2. The fourth-order valence-corrected chi connectivity index (χ4v) is 5.69. The van der Waals surface area contributed by atoms with Gasteiger partial charge in [-0.3, -0.25) is 9.69 Å². The largest absolute Gasteiger partial charge is 0.493 e. The van der Waals surface area contributed by atoms with Crippen LogP contribution in [0.4, 0.5) is 0 Å². The topological polar surface area (TPSA) is 90.4 Å². The van der Waals surface area contributed by atoms with E-state index in [1.807, 2.05) is 37.4 Å². The highest BCUT2D eigenvalue weighted by Gasteiger charge is 2.35. The van der Waals surface area contributed by atoms with Gasteiger partial charge < -0.3 is 14.7 Å². The molecule has 9 heteroatoms. The minimum Gasteiger partial charge on any atom is -0.493 e. The molecule has 2 aromatic rings. The molecule has 1 N–H and O–H groups in total. The summed E-state index contributed by atoms with van der Waals surface area (Å²) in [5.41, 5.74) is 1.63. The molecule has 2 heterocycles. The Bertz CT molecular complexity index is 1120. The normalized spacial score (nSPS) is 21.7. The summed E-state index contributed by atoms with van der Waals surface area (Å²) in [6.45, 7) is 2.40. The quantitative estimate of drug-likeness (QED) is 0.643. The number of nitrogens with zero attached hydrogens (tertiary/aromatic N) is 3. The van der Waals surface area contributed by atoms with Gasteiger partial charge in [0.2, 0.25) is 15.9 Å². The molecule has 8 nitrogen and oxygen atoms in total. The second kappa shape index (κ2) is 10.0. The molecular weight excluding hydrogens is 454 g/mol. The lowest BCUT2D eigenvalue weighted by molar-refractivity contribution is -0.134. The summed E-state index contributed by atoms with van der Waals surface area (Å²) in [7, 11) is 1.15. The Labute approximate surface area is 201 Å². The molecule has 2 aliphatic rings. The zero-order valence-corrected chi connectivity index (χ0v) is 20.7. The van der Waals surface area contributed by atoms with Crippen molar-refractivity contribution >= 4 is 15.9 Å². The van der Waals surface area contributed by atoms with Crippen LogP contribution in [0.5, 0.6) is 5.75 Å². The highest BCUT2D eigenvalue weighted by Crippen LogP contribution is 2.38. The molecule has 2 aromatic carbocycles. The van der Waals surface area contributed by atoms with Crippen molar-refractivity contribution in [1.82, 2.24) is 14.1 Å². The maximum Gasteiger partial charge on any atom is 0.242 e. The van der Waals surface area contributed by atoms with Crippen LogP contribution in [0.1, 0.15) is 35.9 Å². The number of β-amino-alcohol motifs (C(OH)–C–C–N with tert-alkyl or cyclic N) is 1. The summed E-state index contributed by atoms with van der Waals surface area (Å²) >= 11 is 0. The molecule has 1 amide bonds. The van der Waals surface area contributed by atoms with Crippen molar-refractivity contribution in [1.29, 1.82) is 0 Å². The van der Waals surface area contributed by atoms with Gasteiger partial charge in [-0.2, -0.15) is 0 Å². The Kier molecular flexibility index (Phi) is 7.28. The van der Waals surface area contributed by atoms with E-state index < -0.39 is 15.9 Å². The van der Waals surface area contributed by atoms with Crippen LogP contribution >= 0.6 is 0 Å². The van der Waals surface area contributed by atoms with Crippen molar-refractivity contribution in [3.63, 3.8) is 0 Å². The summed E-state index contributed by atoms with van der Waals surface area (Å²) < 4.78 is 32.3. The number of fused-ring (bicyclic) bond motifs is 1. The number of carbonyl (C=O) groups is 1. The van der Waals surface area contributed by atoms with Gasteiger partial charge in [0, 0.05) is 46.3 Å². The van der Waals surface area contributed by atoms with Crippen LogP contribution in [-0.2, 0) is 14.8 Å². The minimum absolute atomic E-state index is 0.0717. The van der Waals surface area contributed by atoms with Gasteiger partial charge >= 0.3 is 0 Å². The monoisotopic (exact) mass is 487 g/mol. The Hall–Kier alpha value is -2.46. The van der Waals surface area contributed by atoms with E-state index in [0.717, 1.165) is 22.8 Å². The van der Waals surface area contributed by atoms with Crippen LogP contribution in [0.25, 0.3) is 0 Å².